The average Bonchev–Trinajstić information content (AvgIpc) is 2.78. The predicted octanol–water partition coefficient (Wildman–Crippen LogP) is -0.225. The third kappa shape index (κ3) is 4.49. The smallest absolute Gasteiger partial charge is 0.326 e. The molecule has 1 heterocycles. The van der Waals surface area contributed by atoms with E-state index in [0.717, 1.165) is 0 Å². The fourth-order valence-corrected chi connectivity index (χ4v) is 1.14. The molecule has 0 bridgehead atoms. The Kier molecular flexibility index (Phi) is 4.92. The van der Waals surface area contributed by atoms with Crippen molar-refractivity contribution in [2.45, 2.75) is 25.8 Å². The number of hydrogen-bond donors (Lipinski definition) is 3. The molecule has 17 heavy (non-hydrogen) atoms. The lowest BCUT2D eigenvalue weighted by molar-refractivity contribution is -0.139. The third-order valence-corrected chi connectivity index (χ3v) is 2.05. The third-order valence-electron chi connectivity index (χ3n) is 2.05. The molecule has 0 aromatic carbocycles. The van der Waals surface area contributed by atoms with Gasteiger partial charge in [-0.05, 0) is 6.42 Å². The number of carbonyl (C=O) groups is 2. The van der Waals surface area contributed by atoms with E-state index in [9.17, 15) is 9.59 Å². The van der Waals surface area contributed by atoms with Crippen LogP contribution < -0.4 is 10.6 Å². The Morgan fingerprint density at radius 2 is 2.35 bits per heavy atom. The lowest BCUT2D eigenvalue weighted by atomic mass is 10.2. The topological polar surface area (TPSA) is 117 Å². The second-order valence-corrected chi connectivity index (χ2v) is 3.30. The molecular weight excluding hydrogens is 228 g/mol. The van der Waals surface area contributed by atoms with E-state index in [2.05, 4.69) is 25.3 Å². The molecule has 94 valence electrons. The molecule has 1 rings (SSSR count). The number of amides is 2. The number of carbonyl (C=O) groups excluding carboxylic acids is 1. The van der Waals surface area contributed by atoms with Crippen molar-refractivity contribution in [1.82, 2.24) is 20.8 Å². The van der Waals surface area contributed by atoms with Crippen molar-refractivity contribution >= 4 is 12.0 Å². The van der Waals surface area contributed by atoms with Crippen LogP contribution in [0.2, 0.25) is 0 Å². The number of carboxylic acid groups (broad SMARTS) is 1. The maximum atomic E-state index is 11.3. The summed E-state index contributed by atoms with van der Waals surface area (Å²) in [6, 6.07) is -1.40. The summed E-state index contributed by atoms with van der Waals surface area (Å²) in [6.45, 7) is 1.99. The van der Waals surface area contributed by atoms with Gasteiger partial charge in [-0.25, -0.2) is 9.59 Å². The van der Waals surface area contributed by atoms with Gasteiger partial charge >= 0.3 is 12.0 Å². The first kappa shape index (κ1) is 12.9. The average molecular weight is 242 g/mol. The summed E-state index contributed by atoms with van der Waals surface area (Å²) in [6.07, 6.45) is 1.95. The Balaban J connectivity index is 2.23. The predicted molar refractivity (Wildman–Crippen MR) is 56.3 cm³/mol. The van der Waals surface area contributed by atoms with Gasteiger partial charge in [-0.3, -0.25) is 0 Å². The molecule has 0 spiro atoms. The SMILES string of the molecule is CCC(NC(=O)NCCc1ncon1)C(=O)O. The summed E-state index contributed by atoms with van der Waals surface area (Å²) < 4.78 is 4.52. The highest BCUT2D eigenvalue weighted by Gasteiger charge is 2.16. The number of aliphatic carboxylic acids is 1. The minimum Gasteiger partial charge on any atom is -0.480 e. The molecular formula is C9H14N4O4. The molecule has 0 saturated heterocycles. The van der Waals surface area contributed by atoms with E-state index in [4.69, 9.17) is 5.11 Å². The minimum absolute atomic E-state index is 0.307. The van der Waals surface area contributed by atoms with Crippen LogP contribution in [0.25, 0.3) is 0 Å². The second-order valence-electron chi connectivity index (χ2n) is 3.30. The Labute approximate surface area is 97.4 Å². The van der Waals surface area contributed by atoms with E-state index < -0.39 is 18.0 Å². The first-order valence-electron chi connectivity index (χ1n) is 5.16. The van der Waals surface area contributed by atoms with Gasteiger partial charge in [0.1, 0.15) is 6.04 Å². The van der Waals surface area contributed by atoms with E-state index in [0.29, 0.717) is 25.2 Å². The summed E-state index contributed by atoms with van der Waals surface area (Å²) in [4.78, 5) is 25.7. The minimum atomic E-state index is -1.05. The summed E-state index contributed by atoms with van der Waals surface area (Å²) >= 11 is 0. The van der Waals surface area contributed by atoms with Crippen molar-refractivity contribution in [3.8, 4) is 0 Å². The number of aromatic nitrogens is 2. The zero-order valence-electron chi connectivity index (χ0n) is 9.34. The van der Waals surface area contributed by atoms with Crippen LogP contribution >= 0.6 is 0 Å². The zero-order valence-corrected chi connectivity index (χ0v) is 9.34. The van der Waals surface area contributed by atoms with Gasteiger partial charge in [0.15, 0.2) is 5.82 Å². The Morgan fingerprint density at radius 1 is 1.59 bits per heavy atom. The summed E-state index contributed by atoms with van der Waals surface area (Å²) in [5.74, 6) is -0.573. The van der Waals surface area contributed by atoms with Gasteiger partial charge < -0.3 is 20.3 Å². The highest BCUT2D eigenvalue weighted by Crippen LogP contribution is 1.91. The van der Waals surface area contributed by atoms with Crippen molar-refractivity contribution in [1.29, 1.82) is 0 Å². The quantitative estimate of drug-likeness (QED) is 0.634. The molecule has 2 amide bonds. The van der Waals surface area contributed by atoms with E-state index in [1.54, 1.807) is 6.92 Å². The molecule has 1 aromatic rings. The van der Waals surface area contributed by atoms with E-state index in [-0.39, 0.29) is 0 Å². The Hall–Kier alpha value is -2.12. The number of nitrogens with one attached hydrogen (secondary N) is 2. The van der Waals surface area contributed by atoms with Crippen LogP contribution in [0.15, 0.2) is 10.9 Å². The van der Waals surface area contributed by atoms with Gasteiger partial charge in [0, 0.05) is 13.0 Å². The van der Waals surface area contributed by atoms with Crippen LogP contribution in [-0.4, -0.2) is 39.8 Å². The first-order chi connectivity index (χ1) is 8.13. The number of rotatable bonds is 6. The van der Waals surface area contributed by atoms with Gasteiger partial charge in [-0.2, -0.15) is 4.98 Å². The van der Waals surface area contributed by atoms with Crippen LogP contribution in [0.4, 0.5) is 4.79 Å². The summed E-state index contributed by atoms with van der Waals surface area (Å²) in [7, 11) is 0. The standard InChI is InChI=1S/C9H14N4O4/c1-2-6(8(14)15)12-9(16)10-4-3-7-11-5-17-13-7/h5-6H,2-4H2,1H3,(H,14,15)(H2,10,12,16). The van der Waals surface area contributed by atoms with Gasteiger partial charge in [0.05, 0.1) is 0 Å². The zero-order chi connectivity index (χ0) is 12.7. The van der Waals surface area contributed by atoms with Crippen molar-refractivity contribution in [2.75, 3.05) is 6.54 Å². The van der Waals surface area contributed by atoms with Crippen LogP contribution in [0.1, 0.15) is 19.2 Å². The van der Waals surface area contributed by atoms with Crippen molar-refractivity contribution in [3.63, 3.8) is 0 Å². The normalized spacial score (nSPS) is 11.8. The van der Waals surface area contributed by atoms with Gasteiger partial charge in [-0.1, -0.05) is 12.1 Å². The van der Waals surface area contributed by atoms with Gasteiger partial charge in [0.25, 0.3) is 0 Å². The number of hydrogen-bond acceptors (Lipinski definition) is 5. The highest BCUT2D eigenvalue weighted by atomic mass is 16.5. The molecule has 1 unspecified atom stereocenters. The Bertz CT molecular complexity index is 365. The van der Waals surface area contributed by atoms with E-state index in [1.807, 2.05) is 0 Å². The maximum absolute atomic E-state index is 11.3. The van der Waals surface area contributed by atoms with E-state index >= 15 is 0 Å². The Morgan fingerprint density at radius 3 is 2.88 bits per heavy atom. The lowest BCUT2D eigenvalue weighted by Gasteiger charge is -2.12. The molecule has 1 aromatic heterocycles. The molecule has 1 atom stereocenters. The van der Waals surface area contributed by atoms with E-state index in [1.165, 1.54) is 6.39 Å². The molecule has 8 heteroatoms. The van der Waals surface area contributed by atoms with Gasteiger partial charge in [0.2, 0.25) is 6.39 Å². The first-order valence-corrected chi connectivity index (χ1v) is 5.16. The van der Waals surface area contributed by atoms with Crippen LogP contribution in [0.3, 0.4) is 0 Å². The monoisotopic (exact) mass is 242 g/mol. The van der Waals surface area contributed by atoms with Crippen molar-refractivity contribution < 1.29 is 19.2 Å². The van der Waals surface area contributed by atoms with Gasteiger partial charge in [-0.15, -0.1) is 0 Å². The molecule has 8 nitrogen and oxygen atoms in total. The summed E-state index contributed by atoms with van der Waals surface area (Å²) in [5, 5.41) is 17.1. The fraction of sp³-hybridized carbons (Fsp3) is 0.556. The number of nitrogens with zero attached hydrogens (tertiary/aromatic N) is 2. The van der Waals surface area contributed by atoms with Crippen molar-refractivity contribution in [3.05, 3.63) is 12.2 Å². The number of carboxylic acids is 1. The molecule has 0 aliphatic heterocycles. The molecule has 0 fully saturated rings. The van der Waals surface area contributed by atoms with Crippen LogP contribution in [-0.2, 0) is 11.2 Å². The maximum Gasteiger partial charge on any atom is 0.326 e. The summed E-state index contributed by atoms with van der Waals surface area (Å²) in [5.41, 5.74) is 0. The molecule has 3 N–H and O–H groups in total. The number of urea groups is 1. The molecule has 0 saturated carbocycles. The molecule has 0 aliphatic carbocycles. The van der Waals surface area contributed by atoms with Crippen LogP contribution in [0, 0.1) is 0 Å². The second kappa shape index (κ2) is 6.46. The fourth-order valence-electron chi connectivity index (χ4n) is 1.14. The highest BCUT2D eigenvalue weighted by molar-refractivity contribution is 5.82. The molecule has 0 aliphatic rings. The van der Waals surface area contributed by atoms with Crippen LogP contribution in [0.5, 0.6) is 0 Å². The van der Waals surface area contributed by atoms with Crippen molar-refractivity contribution in [2.24, 2.45) is 0 Å². The molecule has 0 radical (unpaired) electrons. The lowest BCUT2D eigenvalue weighted by Crippen LogP contribution is -2.46. The largest absolute Gasteiger partial charge is 0.480 e.